The highest BCUT2D eigenvalue weighted by Gasteiger charge is 2.31. The van der Waals surface area contributed by atoms with E-state index in [0.717, 1.165) is 0 Å². The monoisotopic (exact) mass is 206 g/mol. The van der Waals surface area contributed by atoms with Gasteiger partial charge in [0.25, 0.3) is 0 Å². The third kappa shape index (κ3) is 2.68. The van der Waals surface area contributed by atoms with Crippen LogP contribution in [0.4, 0.5) is 13.2 Å². The smallest absolute Gasteiger partial charge is 0.419 e. The van der Waals surface area contributed by atoms with E-state index in [9.17, 15) is 18.0 Å². The summed E-state index contributed by atoms with van der Waals surface area (Å²) in [6.07, 6.45) is -3.86. The van der Waals surface area contributed by atoms with Crippen molar-refractivity contribution in [3.63, 3.8) is 0 Å². The van der Waals surface area contributed by atoms with Crippen LogP contribution >= 0.6 is 0 Å². The Kier molecular flexibility index (Phi) is 2.68. The van der Waals surface area contributed by atoms with Gasteiger partial charge in [-0.2, -0.15) is 13.2 Å². The lowest BCUT2D eigenvalue weighted by atomic mass is 10.3. The maximum Gasteiger partial charge on any atom is 0.419 e. The first-order valence-electron chi connectivity index (χ1n) is 3.49. The van der Waals surface area contributed by atoms with Crippen molar-refractivity contribution in [2.45, 2.75) is 12.6 Å². The molecular weight excluding hydrogens is 201 g/mol. The van der Waals surface area contributed by atoms with E-state index >= 15 is 0 Å². The SMILES string of the molecule is O=C(O)Cc1ncc(C(F)(F)F)cn1. The zero-order chi connectivity index (χ0) is 10.8. The van der Waals surface area contributed by atoms with Crippen LogP contribution in [0, 0.1) is 0 Å². The van der Waals surface area contributed by atoms with E-state index in [1.165, 1.54) is 0 Å². The highest BCUT2D eigenvalue weighted by molar-refractivity contribution is 5.68. The number of rotatable bonds is 2. The molecular formula is C7H5F3N2O2. The number of aromatic nitrogens is 2. The Bertz CT molecular complexity index is 334. The summed E-state index contributed by atoms with van der Waals surface area (Å²) in [6, 6.07) is 0. The molecule has 76 valence electrons. The maximum absolute atomic E-state index is 12.0. The lowest BCUT2D eigenvalue weighted by molar-refractivity contribution is -0.138. The van der Waals surface area contributed by atoms with Crippen LogP contribution in [0.2, 0.25) is 0 Å². The Balaban J connectivity index is 2.84. The highest BCUT2D eigenvalue weighted by Crippen LogP contribution is 2.27. The number of hydrogen-bond donors (Lipinski definition) is 1. The number of alkyl halides is 3. The lowest BCUT2D eigenvalue weighted by Crippen LogP contribution is -2.09. The van der Waals surface area contributed by atoms with Crippen molar-refractivity contribution in [1.29, 1.82) is 0 Å². The molecule has 0 saturated heterocycles. The molecule has 0 atom stereocenters. The van der Waals surface area contributed by atoms with Gasteiger partial charge < -0.3 is 5.11 Å². The third-order valence-electron chi connectivity index (χ3n) is 1.34. The van der Waals surface area contributed by atoms with Gasteiger partial charge >= 0.3 is 12.1 Å². The van der Waals surface area contributed by atoms with Gasteiger partial charge in [-0.1, -0.05) is 0 Å². The van der Waals surface area contributed by atoms with Gasteiger partial charge in [-0.25, -0.2) is 9.97 Å². The molecule has 0 aliphatic carbocycles. The largest absolute Gasteiger partial charge is 0.481 e. The molecule has 0 spiro atoms. The van der Waals surface area contributed by atoms with Crippen molar-refractivity contribution in [1.82, 2.24) is 9.97 Å². The van der Waals surface area contributed by atoms with Crippen molar-refractivity contribution in [2.24, 2.45) is 0 Å². The standard InChI is InChI=1S/C7H5F3N2O2/c8-7(9,10)4-2-11-5(12-3-4)1-6(13)14/h2-3H,1H2,(H,13,14). The summed E-state index contributed by atoms with van der Waals surface area (Å²) in [5.74, 6) is -1.34. The number of halogens is 3. The second kappa shape index (κ2) is 3.60. The minimum atomic E-state index is -4.50. The average molecular weight is 206 g/mol. The molecule has 14 heavy (non-hydrogen) atoms. The molecule has 0 fully saturated rings. The van der Waals surface area contributed by atoms with Crippen LogP contribution in [0.3, 0.4) is 0 Å². The second-order valence-electron chi connectivity index (χ2n) is 2.46. The Morgan fingerprint density at radius 2 is 1.86 bits per heavy atom. The molecule has 0 aliphatic rings. The topological polar surface area (TPSA) is 63.1 Å². The van der Waals surface area contributed by atoms with Crippen LogP contribution < -0.4 is 0 Å². The quantitative estimate of drug-likeness (QED) is 0.787. The molecule has 1 aromatic rings. The fourth-order valence-corrected chi connectivity index (χ4v) is 0.728. The Morgan fingerprint density at radius 1 is 1.36 bits per heavy atom. The summed E-state index contributed by atoms with van der Waals surface area (Å²) in [5.41, 5.74) is -0.994. The van der Waals surface area contributed by atoms with Gasteiger partial charge in [-0.3, -0.25) is 4.79 Å². The van der Waals surface area contributed by atoms with Crippen molar-refractivity contribution in [3.8, 4) is 0 Å². The van der Waals surface area contributed by atoms with Crippen molar-refractivity contribution in [2.75, 3.05) is 0 Å². The summed E-state index contributed by atoms with van der Waals surface area (Å²) >= 11 is 0. The van der Waals surface area contributed by atoms with Crippen molar-refractivity contribution < 1.29 is 23.1 Å². The molecule has 7 heteroatoms. The molecule has 4 nitrogen and oxygen atoms in total. The predicted molar refractivity (Wildman–Crippen MR) is 38.4 cm³/mol. The van der Waals surface area contributed by atoms with Crippen LogP contribution in [0.5, 0.6) is 0 Å². The maximum atomic E-state index is 12.0. The van der Waals surface area contributed by atoms with E-state index in [1.807, 2.05) is 0 Å². The van der Waals surface area contributed by atoms with Crippen LogP contribution in [0.1, 0.15) is 11.4 Å². The first-order valence-corrected chi connectivity index (χ1v) is 3.49. The zero-order valence-electron chi connectivity index (χ0n) is 6.75. The molecule has 0 bridgehead atoms. The molecule has 0 amide bonds. The second-order valence-corrected chi connectivity index (χ2v) is 2.46. The molecule has 0 saturated carbocycles. The van der Waals surface area contributed by atoms with Crippen molar-refractivity contribution >= 4 is 5.97 Å². The fourth-order valence-electron chi connectivity index (χ4n) is 0.728. The predicted octanol–water partition coefficient (Wildman–Crippen LogP) is 1.12. The average Bonchev–Trinajstić information content (AvgIpc) is 2.02. The fraction of sp³-hybridized carbons (Fsp3) is 0.286. The molecule has 0 aliphatic heterocycles. The summed E-state index contributed by atoms with van der Waals surface area (Å²) in [5, 5.41) is 8.29. The number of carbonyl (C=O) groups is 1. The third-order valence-corrected chi connectivity index (χ3v) is 1.34. The molecule has 0 radical (unpaired) electrons. The van der Waals surface area contributed by atoms with Gasteiger partial charge in [-0.05, 0) is 0 Å². The number of carboxylic acids is 1. The van der Waals surface area contributed by atoms with E-state index in [-0.39, 0.29) is 5.82 Å². The molecule has 0 aromatic carbocycles. The van der Waals surface area contributed by atoms with E-state index in [0.29, 0.717) is 12.4 Å². The van der Waals surface area contributed by atoms with Gasteiger partial charge in [0.2, 0.25) is 0 Å². The molecule has 1 N–H and O–H groups in total. The van der Waals surface area contributed by atoms with Crippen LogP contribution in [-0.2, 0) is 17.4 Å². The molecule has 1 aromatic heterocycles. The van der Waals surface area contributed by atoms with Gasteiger partial charge in [0.15, 0.2) is 0 Å². The Morgan fingerprint density at radius 3 is 2.21 bits per heavy atom. The van der Waals surface area contributed by atoms with Gasteiger partial charge in [0.05, 0.1) is 5.56 Å². The number of aliphatic carboxylic acids is 1. The minimum absolute atomic E-state index is 0.148. The number of carboxylic acid groups (broad SMARTS) is 1. The summed E-state index contributed by atoms with van der Waals surface area (Å²) in [7, 11) is 0. The van der Waals surface area contributed by atoms with E-state index < -0.39 is 24.1 Å². The van der Waals surface area contributed by atoms with Crippen molar-refractivity contribution in [3.05, 3.63) is 23.8 Å². The number of nitrogens with zero attached hydrogens (tertiary/aromatic N) is 2. The summed E-state index contributed by atoms with van der Waals surface area (Å²) < 4.78 is 36.0. The van der Waals surface area contributed by atoms with Gasteiger partial charge in [-0.15, -0.1) is 0 Å². The van der Waals surface area contributed by atoms with Crippen LogP contribution in [0.15, 0.2) is 12.4 Å². The normalized spacial score (nSPS) is 11.4. The van der Waals surface area contributed by atoms with Crippen LogP contribution in [0.25, 0.3) is 0 Å². The Labute approximate surface area is 76.4 Å². The zero-order valence-corrected chi connectivity index (χ0v) is 6.75. The summed E-state index contributed by atoms with van der Waals surface area (Å²) in [6.45, 7) is 0. The Hall–Kier alpha value is -1.66. The van der Waals surface area contributed by atoms with E-state index in [1.54, 1.807) is 0 Å². The first-order chi connectivity index (χ1) is 6.39. The summed E-state index contributed by atoms with van der Waals surface area (Å²) in [4.78, 5) is 16.7. The van der Waals surface area contributed by atoms with Crippen LogP contribution in [-0.4, -0.2) is 21.0 Å². The molecule has 0 unspecified atom stereocenters. The highest BCUT2D eigenvalue weighted by atomic mass is 19.4. The first kappa shape index (κ1) is 10.4. The van der Waals surface area contributed by atoms with Gasteiger partial charge in [0, 0.05) is 12.4 Å². The number of hydrogen-bond acceptors (Lipinski definition) is 3. The minimum Gasteiger partial charge on any atom is -0.481 e. The molecule has 1 heterocycles. The molecule has 1 rings (SSSR count). The lowest BCUT2D eigenvalue weighted by Gasteiger charge is -2.04. The van der Waals surface area contributed by atoms with Gasteiger partial charge in [0.1, 0.15) is 12.2 Å². The van der Waals surface area contributed by atoms with E-state index in [2.05, 4.69) is 9.97 Å². The van der Waals surface area contributed by atoms with E-state index in [4.69, 9.17) is 5.11 Å².